The van der Waals surface area contributed by atoms with Gasteiger partial charge in [0.15, 0.2) is 5.78 Å². The van der Waals surface area contributed by atoms with E-state index in [-0.39, 0.29) is 5.78 Å². The van der Waals surface area contributed by atoms with Gasteiger partial charge in [-0.25, -0.2) is 0 Å². The summed E-state index contributed by atoms with van der Waals surface area (Å²) in [7, 11) is 0. The number of fused-ring (bicyclic) bond motifs is 2. The van der Waals surface area contributed by atoms with Gasteiger partial charge >= 0.3 is 0 Å². The maximum atomic E-state index is 12.6. The predicted octanol–water partition coefficient (Wildman–Crippen LogP) is 4.77. The van der Waals surface area contributed by atoms with Crippen molar-refractivity contribution in [1.82, 2.24) is 15.5 Å². The first kappa shape index (κ1) is 18.8. The lowest BCUT2D eigenvalue weighted by Crippen LogP contribution is -2.28. The fourth-order valence-electron chi connectivity index (χ4n) is 3.47. The van der Waals surface area contributed by atoms with Crippen LogP contribution in [0.3, 0.4) is 0 Å². The molecule has 8 heteroatoms. The average molecular weight is 437 g/mol. The maximum absolute atomic E-state index is 12.6. The molecule has 3 aromatic rings. The minimum atomic E-state index is 0.0542. The van der Waals surface area contributed by atoms with Gasteiger partial charge in [-0.05, 0) is 35.9 Å². The fraction of sp³-hybridized carbons (Fsp3) is 0.136. The molecular weight excluding hydrogens is 420 g/mol. The molecule has 0 radical (unpaired) electrons. The van der Waals surface area contributed by atoms with Crippen LogP contribution in [0.2, 0.25) is 5.02 Å². The van der Waals surface area contributed by atoms with E-state index in [1.54, 1.807) is 0 Å². The Morgan fingerprint density at radius 3 is 2.93 bits per heavy atom. The summed E-state index contributed by atoms with van der Waals surface area (Å²) in [5, 5.41) is 16.9. The third-order valence-electron chi connectivity index (χ3n) is 4.87. The van der Waals surface area contributed by atoms with Crippen molar-refractivity contribution in [2.45, 2.75) is 19.4 Å². The quantitative estimate of drug-likeness (QED) is 0.600. The van der Waals surface area contributed by atoms with Crippen LogP contribution in [-0.4, -0.2) is 16.0 Å². The second kappa shape index (κ2) is 7.93. The molecule has 0 saturated heterocycles. The highest BCUT2D eigenvalue weighted by Crippen LogP contribution is 2.36. The zero-order chi connectivity index (χ0) is 20.5. The zero-order valence-electron chi connectivity index (χ0n) is 15.8. The third-order valence-corrected chi connectivity index (χ3v) is 5.94. The molecule has 1 aliphatic carbocycles. The molecule has 6 nitrogen and oxygen atoms in total. The van der Waals surface area contributed by atoms with Crippen molar-refractivity contribution in [3.05, 3.63) is 87.2 Å². The lowest BCUT2D eigenvalue weighted by molar-refractivity contribution is -0.115. The minimum absolute atomic E-state index is 0.0542. The second-order valence-corrected chi connectivity index (χ2v) is 8.42. The number of ether oxygens (including phenoxy) is 1. The van der Waals surface area contributed by atoms with E-state index in [1.165, 1.54) is 11.3 Å². The summed E-state index contributed by atoms with van der Waals surface area (Å²) in [4.78, 5) is 12.6. The molecule has 0 spiro atoms. The van der Waals surface area contributed by atoms with Crippen LogP contribution in [-0.2, 0) is 17.8 Å². The Morgan fingerprint density at radius 2 is 2.03 bits per heavy atom. The Balaban J connectivity index is 1.32. The number of ketones is 1. The van der Waals surface area contributed by atoms with Gasteiger partial charge in [0.05, 0.1) is 12.2 Å². The van der Waals surface area contributed by atoms with Crippen molar-refractivity contribution in [3.63, 3.8) is 0 Å². The van der Waals surface area contributed by atoms with Gasteiger partial charge in [-0.3, -0.25) is 4.79 Å². The van der Waals surface area contributed by atoms with Crippen LogP contribution in [0.1, 0.15) is 17.0 Å². The topological polar surface area (TPSA) is 76.1 Å². The molecule has 0 amide bonds. The lowest BCUT2D eigenvalue weighted by atomic mass is 9.92. The van der Waals surface area contributed by atoms with Gasteiger partial charge in [-0.2, -0.15) is 0 Å². The number of benzene rings is 2. The minimum Gasteiger partial charge on any atom is -0.457 e. The number of hydrogen-bond donors (Lipinski definition) is 2. The number of anilines is 2. The van der Waals surface area contributed by atoms with Gasteiger partial charge in [-0.15, -0.1) is 10.2 Å². The molecule has 0 fully saturated rings. The number of carbonyl (C=O) groups is 1. The van der Waals surface area contributed by atoms with E-state index >= 15 is 0 Å². The molecule has 2 N–H and O–H groups in total. The molecule has 150 valence electrons. The molecule has 0 saturated carbocycles. The maximum Gasteiger partial charge on any atom is 0.210 e. The number of hydrogen-bond acceptors (Lipinski definition) is 7. The summed E-state index contributed by atoms with van der Waals surface area (Å²) >= 11 is 7.44. The van der Waals surface area contributed by atoms with Gasteiger partial charge in [0.2, 0.25) is 5.13 Å². The number of rotatable bonds is 5. The van der Waals surface area contributed by atoms with E-state index in [1.807, 2.05) is 54.6 Å². The molecule has 2 aliphatic rings. The van der Waals surface area contributed by atoms with Crippen LogP contribution >= 0.6 is 22.9 Å². The van der Waals surface area contributed by atoms with Gasteiger partial charge < -0.3 is 15.4 Å². The normalized spacial score (nSPS) is 15.1. The molecule has 0 atom stereocenters. The highest BCUT2D eigenvalue weighted by Gasteiger charge is 2.28. The van der Waals surface area contributed by atoms with E-state index in [0.29, 0.717) is 35.2 Å². The smallest absolute Gasteiger partial charge is 0.210 e. The number of nitrogens with zero attached hydrogens (tertiary/aromatic N) is 2. The van der Waals surface area contributed by atoms with Crippen molar-refractivity contribution in [3.8, 4) is 5.75 Å². The molecule has 1 aliphatic heterocycles. The third kappa shape index (κ3) is 3.81. The number of aromatic nitrogens is 2. The molecule has 0 bridgehead atoms. The number of halogens is 1. The number of para-hydroxylation sites is 1. The van der Waals surface area contributed by atoms with E-state index in [2.05, 4.69) is 20.8 Å². The van der Waals surface area contributed by atoms with Crippen molar-refractivity contribution < 1.29 is 9.53 Å². The van der Waals surface area contributed by atoms with Crippen LogP contribution in [0.5, 0.6) is 5.75 Å². The molecular formula is C22H17ClN4O2S. The average Bonchev–Trinajstić information content (AvgIpc) is 3.19. The van der Waals surface area contributed by atoms with Gasteiger partial charge in [-0.1, -0.05) is 47.2 Å². The van der Waals surface area contributed by atoms with Crippen LogP contribution in [0.4, 0.5) is 10.8 Å². The first-order valence-corrected chi connectivity index (χ1v) is 10.7. The second-order valence-electron chi connectivity index (χ2n) is 6.93. The van der Waals surface area contributed by atoms with E-state index in [0.717, 1.165) is 33.3 Å². The highest BCUT2D eigenvalue weighted by atomic mass is 35.5. The number of allylic oxidation sites excluding steroid dienone is 3. The Kier molecular flexibility index (Phi) is 4.98. The number of Topliss-reactive ketones (excluding diaryl/α,β-unsaturated/α-hetero) is 1. The summed E-state index contributed by atoms with van der Waals surface area (Å²) in [6.45, 7) is 0.411. The standard InChI is InChI=1S/C22H17ClN4O2S/c23-14-5-3-6-15(11-14)25-22-27-26-20(30-22)12-24-21-16-10-13-4-1-2-7-18(13)29-19(16)9-8-17(21)28/h1-7,9,11,24H,8,10,12H2,(H,25,27). The van der Waals surface area contributed by atoms with Crippen LogP contribution in [0, 0.1) is 0 Å². The molecule has 0 unspecified atom stereocenters. The Bertz CT molecular complexity index is 1200. The van der Waals surface area contributed by atoms with Gasteiger partial charge in [0.1, 0.15) is 16.5 Å². The van der Waals surface area contributed by atoms with E-state index in [4.69, 9.17) is 16.3 Å². The molecule has 1 aromatic heterocycles. The summed E-state index contributed by atoms with van der Waals surface area (Å²) in [5.41, 5.74) is 3.41. The predicted molar refractivity (Wildman–Crippen MR) is 117 cm³/mol. The Labute approximate surface area is 182 Å². The fourth-order valence-corrected chi connectivity index (χ4v) is 4.36. The first-order chi connectivity index (χ1) is 14.7. The molecule has 30 heavy (non-hydrogen) atoms. The zero-order valence-corrected chi connectivity index (χ0v) is 17.4. The van der Waals surface area contributed by atoms with Gasteiger partial charge in [0.25, 0.3) is 0 Å². The monoisotopic (exact) mass is 436 g/mol. The summed E-state index contributed by atoms with van der Waals surface area (Å²) in [5.74, 6) is 1.66. The Hall–Kier alpha value is -3.16. The van der Waals surface area contributed by atoms with Crippen LogP contribution in [0.25, 0.3) is 0 Å². The largest absolute Gasteiger partial charge is 0.457 e. The van der Waals surface area contributed by atoms with Crippen molar-refractivity contribution in [2.24, 2.45) is 0 Å². The summed E-state index contributed by atoms with van der Waals surface area (Å²) < 4.78 is 6.01. The summed E-state index contributed by atoms with van der Waals surface area (Å²) in [6.07, 6.45) is 2.84. The van der Waals surface area contributed by atoms with E-state index in [9.17, 15) is 4.79 Å². The molecule has 2 aromatic carbocycles. The highest BCUT2D eigenvalue weighted by molar-refractivity contribution is 7.15. The van der Waals surface area contributed by atoms with Crippen molar-refractivity contribution >= 4 is 39.5 Å². The first-order valence-electron chi connectivity index (χ1n) is 9.47. The SMILES string of the molecule is O=C1CC=C2Oc3ccccc3CC2=C1NCc1nnc(Nc2cccc(Cl)c2)s1. The Morgan fingerprint density at radius 1 is 1.13 bits per heavy atom. The van der Waals surface area contributed by atoms with E-state index < -0.39 is 0 Å². The van der Waals surface area contributed by atoms with Crippen molar-refractivity contribution in [2.75, 3.05) is 5.32 Å². The summed E-state index contributed by atoms with van der Waals surface area (Å²) in [6, 6.07) is 15.3. The van der Waals surface area contributed by atoms with Crippen molar-refractivity contribution in [1.29, 1.82) is 0 Å². The number of carbonyl (C=O) groups excluding carboxylic acids is 1. The molecule has 5 rings (SSSR count). The lowest BCUT2D eigenvalue weighted by Gasteiger charge is -2.27. The van der Waals surface area contributed by atoms with Crippen LogP contribution in [0.15, 0.2) is 71.6 Å². The number of nitrogens with one attached hydrogen (secondary N) is 2. The van der Waals surface area contributed by atoms with Gasteiger partial charge in [0, 0.05) is 29.1 Å². The molecule has 2 heterocycles. The van der Waals surface area contributed by atoms with Crippen LogP contribution < -0.4 is 15.4 Å².